The zero-order chi connectivity index (χ0) is 16.2. The molecule has 0 aliphatic carbocycles. The molecular formula is C18H17IN2O2. The first-order valence-electron chi connectivity index (χ1n) is 7.55. The third-order valence-corrected chi connectivity index (χ3v) is 4.60. The molecule has 2 aromatic rings. The van der Waals surface area contributed by atoms with Crippen LogP contribution in [0.25, 0.3) is 0 Å². The van der Waals surface area contributed by atoms with Crippen molar-refractivity contribution in [2.75, 3.05) is 11.4 Å². The van der Waals surface area contributed by atoms with Gasteiger partial charge in [-0.1, -0.05) is 30.3 Å². The van der Waals surface area contributed by atoms with Gasteiger partial charge in [0, 0.05) is 3.57 Å². The van der Waals surface area contributed by atoms with Crippen molar-refractivity contribution in [2.24, 2.45) is 0 Å². The fourth-order valence-electron chi connectivity index (χ4n) is 2.69. The topological polar surface area (TPSA) is 49.4 Å². The number of nitrogens with one attached hydrogen (secondary N) is 1. The summed E-state index contributed by atoms with van der Waals surface area (Å²) in [6.45, 7) is 0.675. The lowest BCUT2D eigenvalue weighted by atomic mass is 10.1. The molecule has 1 heterocycles. The van der Waals surface area contributed by atoms with E-state index in [-0.39, 0.29) is 18.2 Å². The molecule has 0 spiro atoms. The van der Waals surface area contributed by atoms with E-state index in [1.54, 1.807) is 0 Å². The van der Waals surface area contributed by atoms with E-state index in [4.69, 9.17) is 0 Å². The van der Waals surface area contributed by atoms with Crippen LogP contribution in [0, 0.1) is 3.57 Å². The second kappa shape index (κ2) is 7.23. The van der Waals surface area contributed by atoms with Gasteiger partial charge in [0.05, 0.1) is 18.2 Å². The van der Waals surface area contributed by atoms with Crippen molar-refractivity contribution in [1.82, 2.24) is 5.32 Å². The molecule has 1 aliphatic heterocycles. The van der Waals surface area contributed by atoms with E-state index in [9.17, 15) is 9.59 Å². The SMILES string of the molecule is O=C1CC(NCCc2ccccc2)C(=O)N1c1ccc(I)cc1. The molecule has 1 N–H and O–H groups in total. The summed E-state index contributed by atoms with van der Waals surface area (Å²) in [5.74, 6) is -0.308. The molecule has 0 bridgehead atoms. The summed E-state index contributed by atoms with van der Waals surface area (Å²) in [7, 11) is 0. The molecule has 3 rings (SSSR count). The maximum atomic E-state index is 12.5. The van der Waals surface area contributed by atoms with E-state index in [0.29, 0.717) is 12.2 Å². The summed E-state index contributed by atoms with van der Waals surface area (Å²) in [6, 6.07) is 17.1. The Morgan fingerprint density at radius 1 is 1.04 bits per heavy atom. The molecule has 0 saturated carbocycles. The van der Waals surface area contributed by atoms with Crippen molar-refractivity contribution in [2.45, 2.75) is 18.9 Å². The average molecular weight is 420 g/mol. The Bertz CT molecular complexity index is 701. The number of carbonyl (C=O) groups is 2. The smallest absolute Gasteiger partial charge is 0.251 e. The average Bonchev–Trinajstić information content (AvgIpc) is 2.84. The van der Waals surface area contributed by atoms with Crippen LogP contribution in [-0.4, -0.2) is 24.4 Å². The third kappa shape index (κ3) is 3.79. The lowest BCUT2D eigenvalue weighted by Gasteiger charge is -2.15. The number of anilines is 1. The van der Waals surface area contributed by atoms with Gasteiger partial charge in [0.15, 0.2) is 0 Å². The number of halogens is 1. The van der Waals surface area contributed by atoms with Gasteiger partial charge in [-0.15, -0.1) is 0 Å². The van der Waals surface area contributed by atoms with Gasteiger partial charge >= 0.3 is 0 Å². The first-order valence-corrected chi connectivity index (χ1v) is 8.63. The molecule has 1 fully saturated rings. The van der Waals surface area contributed by atoms with Crippen molar-refractivity contribution in [3.63, 3.8) is 0 Å². The van der Waals surface area contributed by atoms with Crippen LogP contribution in [-0.2, 0) is 16.0 Å². The van der Waals surface area contributed by atoms with Gasteiger partial charge in [-0.25, -0.2) is 4.90 Å². The van der Waals surface area contributed by atoms with Crippen LogP contribution in [0.1, 0.15) is 12.0 Å². The van der Waals surface area contributed by atoms with Crippen LogP contribution in [0.4, 0.5) is 5.69 Å². The van der Waals surface area contributed by atoms with Crippen molar-refractivity contribution in [3.05, 3.63) is 63.7 Å². The van der Waals surface area contributed by atoms with E-state index >= 15 is 0 Å². The highest BCUT2D eigenvalue weighted by Gasteiger charge is 2.39. The van der Waals surface area contributed by atoms with E-state index in [2.05, 4.69) is 40.0 Å². The number of hydrogen-bond acceptors (Lipinski definition) is 3. The lowest BCUT2D eigenvalue weighted by Crippen LogP contribution is -2.39. The Morgan fingerprint density at radius 3 is 2.43 bits per heavy atom. The van der Waals surface area contributed by atoms with E-state index in [1.807, 2.05) is 42.5 Å². The Morgan fingerprint density at radius 2 is 1.74 bits per heavy atom. The molecule has 23 heavy (non-hydrogen) atoms. The van der Waals surface area contributed by atoms with Gasteiger partial charge in [0.1, 0.15) is 0 Å². The van der Waals surface area contributed by atoms with E-state index in [1.165, 1.54) is 10.5 Å². The fourth-order valence-corrected chi connectivity index (χ4v) is 3.05. The maximum Gasteiger partial charge on any atom is 0.251 e. The Labute approximate surface area is 149 Å². The van der Waals surface area contributed by atoms with E-state index < -0.39 is 6.04 Å². The molecule has 2 amide bonds. The summed E-state index contributed by atoms with van der Waals surface area (Å²) in [5.41, 5.74) is 1.86. The van der Waals surface area contributed by atoms with Gasteiger partial charge in [-0.05, 0) is 65.4 Å². The second-order valence-electron chi connectivity index (χ2n) is 5.49. The molecule has 1 unspecified atom stereocenters. The molecule has 1 saturated heterocycles. The van der Waals surface area contributed by atoms with Gasteiger partial charge in [-0.2, -0.15) is 0 Å². The molecule has 118 valence electrons. The second-order valence-corrected chi connectivity index (χ2v) is 6.74. The largest absolute Gasteiger partial charge is 0.305 e. The van der Waals surface area contributed by atoms with Gasteiger partial charge < -0.3 is 5.32 Å². The normalized spacial score (nSPS) is 17.8. The molecule has 0 aromatic heterocycles. The van der Waals surface area contributed by atoms with E-state index in [0.717, 1.165) is 9.99 Å². The number of imide groups is 1. The minimum Gasteiger partial charge on any atom is -0.305 e. The van der Waals surface area contributed by atoms with Crippen molar-refractivity contribution >= 4 is 40.1 Å². The minimum atomic E-state index is -0.425. The number of carbonyl (C=O) groups excluding carboxylic acids is 2. The number of rotatable bonds is 5. The zero-order valence-corrected chi connectivity index (χ0v) is 14.7. The Kier molecular flexibility index (Phi) is 5.07. The molecule has 2 aromatic carbocycles. The maximum absolute atomic E-state index is 12.5. The van der Waals surface area contributed by atoms with Crippen LogP contribution in [0.15, 0.2) is 54.6 Å². The fraction of sp³-hybridized carbons (Fsp3) is 0.222. The molecule has 1 atom stereocenters. The number of benzene rings is 2. The number of amides is 2. The van der Waals surface area contributed by atoms with Crippen LogP contribution >= 0.6 is 22.6 Å². The molecule has 0 radical (unpaired) electrons. The van der Waals surface area contributed by atoms with Crippen molar-refractivity contribution in [1.29, 1.82) is 0 Å². The summed E-state index contributed by atoms with van der Waals surface area (Å²) >= 11 is 2.20. The molecule has 4 nitrogen and oxygen atoms in total. The Balaban J connectivity index is 1.61. The molecule has 5 heteroatoms. The van der Waals surface area contributed by atoms with Crippen LogP contribution in [0.2, 0.25) is 0 Å². The first kappa shape index (κ1) is 16.1. The number of hydrogen-bond donors (Lipinski definition) is 1. The predicted octanol–water partition coefficient (Wildman–Crippen LogP) is 2.76. The standard InChI is InChI=1S/C18H17IN2O2/c19-14-6-8-15(9-7-14)21-17(22)12-16(18(21)23)20-11-10-13-4-2-1-3-5-13/h1-9,16,20H,10-12H2. The summed E-state index contributed by atoms with van der Waals surface area (Å²) < 4.78 is 1.07. The van der Waals surface area contributed by atoms with Gasteiger partial charge in [0.25, 0.3) is 5.91 Å². The highest BCUT2D eigenvalue weighted by molar-refractivity contribution is 14.1. The zero-order valence-electron chi connectivity index (χ0n) is 12.5. The lowest BCUT2D eigenvalue weighted by molar-refractivity contribution is -0.121. The highest BCUT2D eigenvalue weighted by Crippen LogP contribution is 2.23. The molecule has 1 aliphatic rings. The van der Waals surface area contributed by atoms with Crippen molar-refractivity contribution in [3.8, 4) is 0 Å². The van der Waals surface area contributed by atoms with Crippen molar-refractivity contribution < 1.29 is 9.59 Å². The first-order chi connectivity index (χ1) is 11.1. The summed E-state index contributed by atoms with van der Waals surface area (Å²) in [5, 5.41) is 3.21. The predicted molar refractivity (Wildman–Crippen MR) is 98.2 cm³/mol. The van der Waals surface area contributed by atoms with Crippen LogP contribution in [0.5, 0.6) is 0 Å². The third-order valence-electron chi connectivity index (χ3n) is 3.88. The molecular weight excluding hydrogens is 403 g/mol. The minimum absolute atomic E-state index is 0.145. The van der Waals surface area contributed by atoms with Gasteiger partial charge in [-0.3, -0.25) is 9.59 Å². The number of nitrogens with zero attached hydrogens (tertiary/aromatic N) is 1. The summed E-state index contributed by atoms with van der Waals surface area (Å²) in [6.07, 6.45) is 1.06. The Hall–Kier alpha value is -1.73. The highest BCUT2D eigenvalue weighted by atomic mass is 127. The van der Waals surface area contributed by atoms with Crippen LogP contribution < -0.4 is 10.2 Å². The van der Waals surface area contributed by atoms with Gasteiger partial charge in [0.2, 0.25) is 5.91 Å². The monoisotopic (exact) mass is 420 g/mol. The van der Waals surface area contributed by atoms with Crippen LogP contribution in [0.3, 0.4) is 0 Å². The summed E-state index contributed by atoms with van der Waals surface area (Å²) in [4.78, 5) is 25.9. The quantitative estimate of drug-likeness (QED) is 0.598.